The standard InChI is InChI=1S/C28H31Cl2N3O.2ClH/c1-20-8-7-11-26(31-20)33-19-28(15-14-27(33)34,23-12-13-24(29)25(30)18-23)16-17-32(3)21(2)22-9-5-4-6-10-22;;/h4-13,18,21H,14-17,19H2,1-3H3;2*1H/t21-,28+;;/m1../s1. The normalized spacial score (nSPS) is 18.4. The van der Waals surface area contributed by atoms with Crippen molar-refractivity contribution < 1.29 is 4.79 Å². The lowest BCUT2D eigenvalue weighted by atomic mass is 9.71. The van der Waals surface area contributed by atoms with E-state index in [1.807, 2.05) is 48.2 Å². The van der Waals surface area contributed by atoms with Gasteiger partial charge in [0.05, 0.1) is 10.0 Å². The number of pyridine rings is 1. The van der Waals surface area contributed by atoms with Crippen LogP contribution in [0.4, 0.5) is 5.82 Å². The molecule has 1 aliphatic rings. The van der Waals surface area contributed by atoms with Gasteiger partial charge in [0, 0.05) is 30.1 Å². The molecule has 1 aromatic heterocycles. The number of piperidine rings is 1. The molecule has 0 N–H and O–H groups in total. The third-order valence-corrected chi connectivity index (χ3v) is 7.89. The molecule has 0 radical (unpaired) electrons. The van der Waals surface area contributed by atoms with Gasteiger partial charge in [0.15, 0.2) is 0 Å². The van der Waals surface area contributed by atoms with Crippen molar-refractivity contribution in [2.24, 2.45) is 0 Å². The minimum Gasteiger partial charge on any atom is -0.300 e. The van der Waals surface area contributed by atoms with Crippen LogP contribution in [0.3, 0.4) is 0 Å². The zero-order valence-electron chi connectivity index (χ0n) is 20.8. The number of carbonyl (C=O) groups excluding carboxylic acids is 1. The molecule has 0 unspecified atom stereocenters. The van der Waals surface area contributed by atoms with E-state index >= 15 is 0 Å². The van der Waals surface area contributed by atoms with Gasteiger partial charge in [-0.25, -0.2) is 4.98 Å². The Morgan fingerprint density at radius 3 is 2.42 bits per heavy atom. The van der Waals surface area contributed by atoms with E-state index in [2.05, 4.69) is 54.2 Å². The highest BCUT2D eigenvalue weighted by molar-refractivity contribution is 6.42. The third-order valence-electron chi connectivity index (χ3n) is 7.15. The molecule has 0 spiro atoms. The zero-order valence-corrected chi connectivity index (χ0v) is 23.9. The fourth-order valence-electron chi connectivity index (χ4n) is 4.82. The Kier molecular flexibility index (Phi) is 11.1. The van der Waals surface area contributed by atoms with E-state index in [9.17, 15) is 4.79 Å². The molecule has 1 saturated heterocycles. The molecule has 0 aliphatic carbocycles. The molecule has 1 amide bonds. The van der Waals surface area contributed by atoms with Gasteiger partial charge in [-0.2, -0.15) is 0 Å². The quantitative estimate of drug-likeness (QED) is 0.293. The topological polar surface area (TPSA) is 36.4 Å². The van der Waals surface area contributed by atoms with E-state index in [1.165, 1.54) is 5.56 Å². The maximum Gasteiger partial charge on any atom is 0.228 e. The lowest BCUT2D eigenvalue weighted by Crippen LogP contribution is -2.50. The second kappa shape index (κ2) is 13.1. The molecule has 1 aliphatic heterocycles. The number of hydrogen-bond acceptors (Lipinski definition) is 3. The number of benzene rings is 2. The number of aromatic nitrogens is 1. The molecule has 2 heterocycles. The number of anilines is 1. The highest BCUT2D eigenvalue weighted by Gasteiger charge is 2.41. The molecule has 0 bridgehead atoms. The summed E-state index contributed by atoms with van der Waals surface area (Å²) in [5.41, 5.74) is 3.05. The van der Waals surface area contributed by atoms with Crippen molar-refractivity contribution in [1.29, 1.82) is 0 Å². The number of rotatable bonds is 7. The van der Waals surface area contributed by atoms with Gasteiger partial charge in [0.2, 0.25) is 5.91 Å². The molecular weight excluding hydrogens is 536 g/mol. The molecular formula is C28H33Cl4N3O. The third kappa shape index (κ3) is 6.73. The van der Waals surface area contributed by atoms with Crippen LogP contribution in [-0.4, -0.2) is 35.9 Å². The fourth-order valence-corrected chi connectivity index (χ4v) is 5.12. The summed E-state index contributed by atoms with van der Waals surface area (Å²) in [7, 11) is 2.16. The van der Waals surface area contributed by atoms with Crippen LogP contribution < -0.4 is 4.90 Å². The van der Waals surface area contributed by atoms with Crippen LogP contribution in [0.5, 0.6) is 0 Å². The summed E-state index contributed by atoms with van der Waals surface area (Å²) < 4.78 is 0. The number of hydrogen-bond donors (Lipinski definition) is 0. The molecule has 1 fully saturated rings. The average Bonchev–Trinajstić information content (AvgIpc) is 2.85. The van der Waals surface area contributed by atoms with Gasteiger partial charge in [-0.05, 0) is 75.7 Å². The van der Waals surface area contributed by atoms with Crippen LogP contribution in [0, 0.1) is 6.92 Å². The van der Waals surface area contributed by atoms with E-state index in [4.69, 9.17) is 23.2 Å². The van der Waals surface area contributed by atoms with Gasteiger partial charge in [0.1, 0.15) is 5.82 Å². The molecule has 8 heteroatoms. The Hall–Kier alpha value is -1.82. The number of halogens is 4. The lowest BCUT2D eigenvalue weighted by Gasteiger charge is -2.44. The van der Waals surface area contributed by atoms with Gasteiger partial charge >= 0.3 is 0 Å². The summed E-state index contributed by atoms with van der Waals surface area (Å²) in [4.78, 5) is 21.9. The van der Waals surface area contributed by atoms with E-state index in [1.54, 1.807) is 0 Å². The van der Waals surface area contributed by atoms with Crippen LogP contribution in [0.15, 0.2) is 66.7 Å². The summed E-state index contributed by atoms with van der Waals surface area (Å²) in [5, 5.41) is 1.08. The SMILES string of the molecule is Cc1cccc(N2C[C@](CCN(C)[C@H](C)c3ccccc3)(c3ccc(Cl)c(Cl)c3)CCC2=O)n1.Cl.Cl. The van der Waals surface area contributed by atoms with Crippen LogP contribution in [0.2, 0.25) is 10.0 Å². The number of aryl methyl sites for hydroxylation is 1. The summed E-state index contributed by atoms with van der Waals surface area (Å²) >= 11 is 12.7. The lowest BCUT2D eigenvalue weighted by molar-refractivity contribution is -0.120. The zero-order chi connectivity index (χ0) is 24.3. The number of amides is 1. The van der Waals surface area contributed by atoms with Crippen LogP contribution in [0.25, 0.3) is 0 Å². The molecule has 0 saturated carbocycles. The van der Waals surface area contributed by atoms with Crippen LogP contribution in [0.1, 0.15) is 49.0 Å². The summed E-state index contributed by atoms with van der Waals surface area (Å²) in [5.74, 6) is 0.819. The number of nitrogens with zero attached hydrogens (tertiary/aromatic N) is 3. The predicted molar refractivity (Wildman–Crippen MR) is 155 cm³/mol. The molecule has 2 atom stereocenters. The van der Waals surface area contributed by atoms with E-state index in [0.29, 0.717) is 28.8 Å². The molecule has 3 aromatic rings. The molecule has 194 valence electrons. The predicted octanol–water partition coefficient (Wildman–Crippen LogP) is 7.69. The minimum absolute atomic E-state index is 0. The first-order chi connectivity index (χ1) is 16.3. The first kappa shape index (κ1) is 30.4. The smallest absolute Gasteiger partial charge is 0.228 e. The Balaban J connectivity index is 0.00000228. The second-order valence-electron chi connectivity index (χ2n) is 9.34. The highest BCUT2D eigenvalue weighted by Crippen LogP contribution is 2.41. The molecule has 36 heavy (non-hydrogen) atoms. The Labute approximate surface area is 236 Å². The average molecular weight is 569 g/mol. The Morgan fingerprint density at radius 2 is 1.75 bits per heavy atom. The van der Waals surface area contributed by atoms with Crippen molar-refractivity contribution >= 4 is 59.7 Å². The monoisotopic (exact) mass is 567 g/mol. The van der Waals surface area contributed by atoms with Crippen molar-refractivity contribution in [3.63, 3.8) is 0 Å². The first-order valence-electron chi connectivity index (χ1n) is 11.7. The minimum atomic E-state index is -0.252. The molecule has 4 rings (SSSR count). The van der Waals surface area contributed by atoms with Crippen molar-refractivity contribution in [2.75, 3.05) is 25.0 Å². The number of carbonyl (C=O) groups is 1. The van der Waals surface area contributed by atoms with Gasteiger partial charge in [0.25, 0.3) is 0 Å². The Bertz CT molecular complexity index is 1160. The van der Waals surface area contributed by atoms with E-state index in [0.717, 1.165) is 30.6 Å². The fraction of sp³-hybridized carbons (Fsp3) is 0.357. The second-order valence-corrected chi connectivity index (χ2v) is 10.2. The van der Waals surface area contributed by atoms with E-state index < -0.39 is 0 Å². The van der Waals surface area contributed by atoms with E-state index in [-0.39, 0.29) is 42.2 Å². The molecule has 2 aromatic carbocycles. The van der Waals surface area contributed by atoms with Gasteiger partial charge in [-0.1, -0.05) is 65.7 Å². The van der Waals surface area contributed by atoms with Gasteiger partial charge < -0.3 is 0 Å². The maximum absolute atomic E-state index is 13.0. The van der Waals surface area contributed by atoms with Crippen molar-refractivity contribution in [1.82, 2.24) is 9.88 Å². The van der Waals surface area contributed by atoms with Crippen molar-refractivity contribution in [2.45, 2.75) is 44.6 Å². The largest absolute Gasteiger partial charge is 0.300 e. The van der Waals surface area contributed by atoms with Gasteiger partial charge in [-0.3, -0.25) is 14.6 Å². The van der Waals surface area contributed by atoms with Crippen LogP contribution in [-0.2, 0) is 10.2 Å². The first-order valence-corrected chi connectivity index (χ1v) is 12.5. The van der Waals surface area contributed by atoms with Gasteiger partial charge in [-0.15, -0.1) is 24.8 Å². The summed E-state index contributed by atoms with van der Waals surface area (Å²) in [6.45, 7) is 5.62. The summed E-state index contributed by atoms with van der Waals surface area (Å²) in [6.07, 6.45) is 2.11. The molecule has 4 nitrogen and oxygen atoms in total. The summed E-state index contributed by atoms with van der Waals surface area (Å²) in [6, 6.07) is 22.5. The van der Waals surface area contributed by atoms with Crippen LogP contribution >= 0.6 is 48.0 Å². The highest BCUT2D eigenvalue weighted by atomic mass is 35.5. The Morgan fingerprint density at radius 1 is 1.03 bits per heavy atom. The van der Waals surface area contributed by atoms with Crippen molar-refractivity contribution in [3.05, 3.63) is 93.6 Å². The maximum atomic E-state index is 13.0. The van der Waals surface area contributed by atoms with Crippen molar-refractivity contribution in [3.8, 4) is 0 Å².